The van der Waals surface area contributed by atoms with Crippen molar-refractivity contribution in [2.24, 2.45) is 0 Å². The second-order valence-electron chi connectivity index (χ2n) is 7.93. The van der Waals surface area contributed by atoms with Crippen LogP contribution >= 0.6 is 15.6 Å². The van der Waals surface area contributed by atoms with Gasteiger partial charge in [0, 0.05) is 6.61 Å². The van der Waals surface area contributed by atoms with Crippen LogP contribution in [0.15, 0.2) is 0 Å². The summed E-state index contributed by atoms with van der Waals surface area (Å²) in [5.74, 6) is 0. The van der Waals surface area contributed by atoms with E-state index in [4.69, 9.17) is 32.6 Å². The summed E-state index contributed by atoms with van der Waals surface area (Å²) < 4.78 is 48.5. The lowest BCUT2D eigenvalue weighted by Gasteiger charge is -2.17. The summed E-state index contributed by atoms with van der Waals surface area (Å²) in [5, 5.41) is 8.07. The molecule has 11 heteroatoms. The number of aliphatic hydroxyl groups excluding tert-OH is 1. The molecule has 216 valence electrons. The fourth-order valence-electron chi connectivity index (χ4n) is 1.92. The first-order chi connectivity index (χ1) is 16.7. The van der Waals surface area contributed by atoms with E-state index in [0.717, 1.165) is 77.0 Å². The smallest absolute Gasteiger partial charge is 0.396 e. The number of phosphoric acid groups is 2. The Bertz CT molecular complexity index is 444. The SMILES string of the molecule is CCCCO.CCCCOP(=O)(O)OCCCC.CCCCOP(=O)(OCCCC)OCCCC. The molecule has 0 aliphatic heterocycles. The van der Waals surface area contributed by atoms with Crippen molar-refractivity contribution >= 4 is 15.6 Å². The van der Waals surface area contributed by atoms with Gasteiger partial charge in [0.1, 0.15) is 0 Å². The number of aliphatic hydroxyl groups is 1. The van der Waals surface area contributed by atoms with Gasteiger partial charge in [-0.1, -0.05) is 80.1 Å². The second kappa shape index (κ2) is 30.4. The maximum atomic E-state index is 12.2. The fourth-order valence-corrected chi connectivity index (χ4v) is 3.99. The number of rotatable bonds is 22. The molecule has 0 aromatic carbocycles. The lowest BCUT2D eigenvalue weighted by atomic mass is 10.4. The predicted molar refractivity (Wildman–Crippen MR) is 144 cm³/mol. The summed E-state index contributed by atoms with van der Waals surface area (Å²) in [5.41, 5.74) is 0. The summed E-state index contributed by atoms with van der Waals surface area (Å²) in [6.07, 6.45) is 11.1. The molecule has 0 aliphatic rings. The van der Waals surface area contributed by atoms with Gasteiger partial charge in [0.05, 0.1) is 33.0 Å². The van der Waals surface area contributed by atoms with Gasteiger partial charge < -0.3 is 10.00 Å². The molecule has 0 spiro atoms. The van der Waals surface area contributed by atoms with E-state index in [2.05, 4.69) is 27.7 Å². The van der Waals surface area contributed by atoms with Gasteiger partial charge in [0.15, 0.2) is 0 Å². The zero-order valence-electron chi connectivity index (χ0n) is 23.4. The number of hydrogen-bond acceptors (Lipinski definition) is 8. The fraction of sp³-hybridized carbons (Fsp3) is 1.00. The highest BCUT2D eigenvalue weighted by atomic mass is 31.2. The lowest BCUT2D eigenvalue weighted by Crippen LogP contribution is -2.03. The molecule has 9 nitrogen and oxygen atoms in total. The van der Waals surface area contributed by atoms with E-state index in [1.165, 1.54) is 0 Å². The molecule has 0 unspecified atom stereocenters. The third kappa shape index (κ3) is 34.2. The molecule has 0 atom stereocenters. The van der Waals surface area contributed by atoms with Crippen LogP contribution in [0, 0.1) is 0 Å². The van der Waals surface area contributed by atoms with Crippen LogP contribution in [0.25, 0.3) is 0 Å². The van der Waals surface area contributed by atoms with Gasteiger partial charge in [0.2, 0.25) is 0 Å². The summed E-state index contributed by atoms with van der Waals surface area (Å²) in [6, 6.07) is 0. The molecule has 0 rings (SSSR count). The molecule has 0 aromatic rings. The number of phosphoric ester groups is 2. The van der Waals surface area contributed by atoms with Crippen molar-refractivity contribution < 1.29 is 41.7 Å². The quantitative estimate of drug-likeness (QED) is 0.102. The molecule has 0 aromatic heterocycles. The summed E-state index contributed by atoms with van der Waals surface area (Å²) in [7, 11) is -7.06. The Hall–Kier alpha value is 0.180. The summed E-state index contributed by atoms with van der Waals surface area (Å²) in [4.78, 5) is 9.08. The van der Waals surface area contributed by atoms with Crippen LogP contribution in [0.5, 0.6) is 0 Å². The Labute approximate surface area is 215 Å². The van der Waals surface area contributed by atoms with E-state index in [0.29, 0.717) is 26.4 Å². The van der Waals surface area contributed by atoms with Gasteiger partial charge >= 0.3 is 15.6 Å². The van der Waals surface area contributed by atoms with Crippen molar-refractivity contribution in [2.45, 2.75) is 119 Å². The Morgan fingerprint density at radius 3 is 0.943 bits per heavy atom. The molecule has 0 saturated carbocycles. The van der Waals surface area contributed by atoms with Crippen LogP contribution in [0.3, 0.4) is 0 Å². The Kier molecular flexibility index (Phi) is 34.5. The third-order valence-corrected chi connectivity index (χ3v) is 6.77. The predicted octanol–water partition coefficient (Wildman–Crippen LogP) is 8.04. The minimum absolute atomic E-state index is 0.288. The number of hydrogen-bond donors (Lipinski definition) is 2. The number of unbranched alkanes of at least 4 members (excludes halogenated alkanes) is 6. The summed E-state index contributed by atoms with van der Waals surface area (Å²) >= 11 is 0. The minimum Gasteiger partial charge on any atom is -0.396 e. The molecule has 0 amide bonds. The highest BCUT2D eigenvalue weighted by Gasteiger charge is 2.25. The second-order valence-corrected chi connectivity index (χ2v) is 11.0. The Morgan fingerprint density at radius 1 is 0.486 bits per heavy atom. The van der Waals surface area contributed by atoms with Crippen molar-refractivity contribution in [1.82, 2.24) is 0 Å². The maximum absolute atomic E-state index is 12.2. The van der Waals surface area contributed by atoms with Crippen LogP contribution in [0.1, 0.15) is 119 Å². The Morgan fingerprint density at radius 2 is 0.743 bits per heavy atom. The average molecular weight is 551 g/mol. The third-order valence-electron chi connectivity index (χ3n) is 4.26. The van der Waals surface area contributed by atoms with Gasteiger partial charge in [0.25, 0.3) is 0 Å². The molecule has 0 bridgehead atoms. The van der Waals surface area contributed by atoms with Gasteiger partial charge in [-0.15, -0.1) is 0 Å². The van der Waals surface area contributed by atoms with Crippen molar-refractivity contribution in [1.29, 1.82) is 0 Å². The molecule has 0 radical (unpaired) electrons. The normalized spacial score (nSPS) is 11.4. The molecule has 0 fully saturated rings. The minimum atomic E-state index is -3.75. The van der Waals surface area contributed by atoms with E-state index in [-0.39, 0.29) is 13.2 Å². The largest absolute Gasteiger partial charge is 0.474 e. The van der Waals surface area contributed by atoms with E-state index in [9.17, 15) is 9.13 Å². The van der Waals surface area contributed by atoms with Crippen LogP contribution in [0.2, 0.25) is 0 Å². The highest BCUT2D eigenvalue weighted by Crippen LogP contribution is 2.49. The average Bonchev–Trinajstić information content (AvgIpc) is 2.81. The highest BCUT2D eigenvalue weighted by molar-refractivity contribution is 7.48. The topological polar surface area (TPSA) is 121 Å². The van der Waals surface area contributed by atoms with Crippen molar-refractivity contribution in [3.63, 3.8) is 0 Å². The van der Waals surface area contributed by atoms with Crippen molar-refractivity contribution in [3.05, 3.63) is 0 Å². The summed E-state index contributed by atoms with van der Waals surface area (Å²) in [6.45, 7) is 14.4. The molecular weight excluding hydrogens is 494 g/mol. The van der Waals surface area contributed by atoms with Crippen LogP contribution < -0.4 is 0 Å². The monoisotopic (exact) mass is 550 g/mol. The van der Waals surface area contributed by atoms with Crippen LogP contribution in [-0.2, 0) is 31.7 Å². The Balaban J connectivity index is -0.000000502. The molecule has 0 aliphatic carbocycles. The first kappa shape index (κ1) is 39.7. The van der Waals surface area contributed by atoms with Crippen LogP contribution in [0.4, 0.5) is 0 Å². The van der Waals surface area contributed by atoms with E-state index in [1.807, 2.05) is 13.8 Å². The molecule has 0 heterocycles. The van der Waals surface area contributed by atoms with Crippen molar-refractivity contribution in [2.75, 3.05) is 39.6 Å². The van der Waals surface area contributed by atoms with Gasteiger partial charge in [-0.3, -0.25) is 22.6 Å². The zero-order chi connectivity index (χ0) is 27.3. The van der Waals surface area contributed by atoms with Gasteiger partial charge in [-0.25, -0.2) is 9.13 Å². The van der Waals surface area contributed by atoms with Gasteiger partial charge in [-0.2, -0.15) is 0 Å². The first-order valence-corrected chi connectivity index (χ1v) is 16.4. The molecular formula is C24H56O9P2. The molecule has 35 heavy (non-hydrogen) atoms. The molecule has 0 saturated heterocycles. The van der Waals surface area contributed by atoms with Crippen LogP contribution in [-0.4, -0.2) is 49.6 Å². The zero-order valence-corrected chi connectivity index (χ0v) is 25.2. The molecule has 2 N–H and O–H groups in total. The van der Waals surface area contributed by atoms with E-state index in [1.54, 1.807) is 0 Å². The van der Waals surface area contributed by atoms with Crippen molar-refractivity contribution in [3.8, 4) is 0 Å². The first-order valence-electron chi connectivity index (χ1n) is 13.5. The van der Waals surface area contributed by atoms with E-state index < -0.39 is 15.6 Å². The van der Waals surface area contributed by atoms with Gasteiger partial charge in [-0.05, 0) is 38.5 Å². The van der Waals surface area contributed by atoms with E-state index >= 15 is 0 Å². The lowest BCUT2D eigenvalue weighted by molar-refractivity contribution is 0.110. The standard InChI is InChI=1S/C12H27O4P.C8H19O4P.C4H10O/c1-4-7-10-14-17(13,15-11-8-5-2)16-12-9-6-3;1-3-5-7-11-13(9,10)12-8-6-4-2;1-2-3-4-5/h4-12H2,1-3H3;3-8H2,1-2H3,(H,9,10);5H,2-4H2,1H3. The maximum Gasteiger partial charge on any atom is 0.474 e.